The Morgan fingerprint density at radius 2 is 2.06 bits per heavy atom. The summed E-state index contributed by atoms with van der Waals surface area (Å²) in [6.45, 7) is 2.15. The summed E-state index contributed by atoms with van der Waals surface area (Å²) in [6, 6.07) is 8.63. The zero-order valence-electron chi connectivity index (χ0n) is 9.57. The third kappa shape index (κ3) is 2.12. The standard InChI is InChI=1S/C12H16N4/c1-3-9-4-6-10(7-5-9)11(13-2)12-14-8-15-16-12/h4-8,11,13H,3H2,1-2H3,(H,14,15,16). The van der Waals surface area contributed by atoms with Crippen LogP contribution in [0.25, 0.3) is 0 Å². The minimum absolute atomic E-state index is 0.0772. The Hall–Kier alpha value is -1.68. The highest BCUT2D eigenvalue weighted by Crippen LogP contribution is 2.18. The minimum atomic E-state index is 0.0772. The molecule has 1 heterocycles. The minimum Gasteiger partial charge on any atom is -0.307 e. The lowest BCUT2D eigenvalue weighted by Gasteiger charge is -2.13. The van der Waals surface area contributed by atoms with Gasteiger partial charge in [-0.15, -0.1) is 0 Å². The first-order valence-corrected chi connectivity index (χ1v) is 5.46. The van der Waals surface area contributed by atoms with Crippen molar-refractivity contribution in [3.05, 3.63) is 47.5 Å². The van der Waals surface area contributed by atoms with Gasteiger partial charge in [0.05, 0.1) is 6.04 Å². The van der Waals surface area contributed by atoms with Crippen LogP contribution in [0.5, 0.6) is 0 Å². The Balaban J connectivity index is 2.27. The van der Waals surface area contributed by atoms with Crippen LogP contribution in [-0.2, 0) is 6.42 Å². The number of benzene rings is 1. The van der Waals surface area contributed by atoms with Crippen molar-refractivity contribution in [1.29, 1.82) is 0 Å². The van der Waals surface area contributed by atoms with Gasteiger partial charge in [-0.05, 0) is 24.6 Å². The largest absolute Gasteiger partial charge is 0.307 e. The fourth-order valence-corrected chi connectivity index (χ4v) is 1.76. The summed E-state index contributed by atoms with van der Waals surface area (Å²) in [4.78, 5) is 4.18. The van der Waals surface area contributed by atoms with Gasteiger partial charge in [-0.25, -0.2) is 4.98 Å². The van der Waals surface area contributed by atoms with E-state index in [0.29, 0.717) is 0 Å². The van der Waals surface area contributed by atoms with Crippen LogP contribution in [0.3, 0.4) is 0 Å². The van der Waals surface area contributed by atoms with Crippen LogP contribution in [0.15, 0.2) is 30.6 Å². The summed E-state index contributed by atoms with van der Waals surface area (Å²) >= 11 is 0. The van der Waals surface area contributed by atoms with E-state index in [4.69, 9.17) is 0 Å². The first-order chi connectivity index (χ1) is 7.85. The summed E-state index contributed by atoms with van der Waals surface area (Å²) < 4.78 is 0. The second kappa shape index (κ2) is 4.90. The smallest absolute Gasteiger partial charge is 0.145 e. The van der Waals surface area contributed by atoms with Crippen molar-refractivity contribution < 1.29 is 0 Å². The molecular formula is C12H16N4. The number of nitrogens with zero attached hydrogens (tertiary/aromatic N) is 2. The molecule has 0 saturated heterocycles. The molecular weight excluding hydrogens is 200 g/mol. The molecule has 2 aromatic rings. The monoisotopic (exact) mass is 216 g/mol. The zero-order valence-corrected chi connectivity index (χ0v) is 9.57. The molecule has 0 bridgehead atoms. The Labute approximate surface area is 95.1 Å². The quantitative estimate of drug-likeness (QED) is 0.817. The molecule has 0 aliphatic rings. The van der Waals surface area contributed by atoms with Gasteiger partial charge in [0.15, 0.2) is 0 Å². The number of rotatable bonds is 4. The number of hydrogen-bond donors (Lipinski definition) is 2. The molecule has 1 atom stereocenters. The molecule has 0 amide bonds. The highest BCUT2D eigenvalue weighted by atomic mass is 15.2. The summed E-state index contributed by atoms with van der Waals surface area (Å²) in [6.07, 6.45) is 2.59. The molecule has 0 aliphatic heterocycles. The van der Waals surface area contributed by atoms with Gasteiger partial charge >= 0.3 is 0 Å². The van der Waals surface area contributed by atoms with Crippen LogP contribution in [0, 0.1) is 0 Å². The molecule has 0 saturated carbocycles. The highest BCUT2D eigenvalue weighted by Gasteiger charge is 2.13. The van der Waals surface area contributed by atoms with E-state index in [1.54, 1.807) is 0 Å². The van der Waals surface area contributed by atoms with Gasteiger partial charge < -0.3 is 5.32 Å². The molecule has 16 heavy (non-hydrogen) atoms. The second-order valence-corrected chi connectivity index (χ2v) is 3.69. The molecule has 0 radical (unpaired) electrons. The van der Waals surface area contributed by atoms with E-state index in [0.717, 1.165) is 12.2 Å². The molecule has 0 fully saturated rings. The molecule has 2 rings (SSSR count). The van der Waals surface area contributed by atoms with Crippen LogP contribution in [0.1, 0.15) is 29.9 Å². The number of aryl methyl sites for hydroxylation is 1. The Morgan fingerprint density at radius 1 is 1.31 bits per heavy atom. The summed E-state index contributed by atoms with van der Waals surface area (Å²) in [5.41, 5.74) is 2.53. The molecule has 1 aromatic heterocycles. The van der Waals surface area contributed by atoms with E-state index in [2.05, 4.69) is 51.7 Å². The van der Waals surface area contributed by atoms with Gasteiger partial charge in [0, 0.05) is 0 Å². The average molecular weight is 216 g/mol. The van der Waals surface area contributed by atoms with E-state index in [1.165, 1.54) is 17.5 Å². The van der Waals surface area contributed by atoms with Gasteiger partial charge in [-0.2, -0.15) is 5.10 Å². The van der Waals surface area contributed by atoms with E-state index in [-0.39, 0.29) is 6.04 Å². The van der Waals surface area contributed by atoms with Crippen molar-refractivity contribution in [1.82, 2.24) is 20.5 Å². The third-order valence-electron chi connectivity index (χ3n) is 2.72. The Kier molecular flexibility index (Phi) is 3.31. The number of hydrogen-bond acceptors (Lipinski definition) is 3. The second-order valence-electron chi connectivity index (χ2n) is 3.69. The first-order valence-electron chi connectivity index (χ1n) is 5.46. The van der Waals surface area contributed by atoms with Crippen molar-refractivity contribution in [2.24, 2.45) is 0 Å². The van der Waals surface area contributed by atoms with Crippen molar-refractivity contribution in [3.63, 3.8) is 0 Å². The Bertz CT molecular complexity index is 419. The van der Waals surface area contributed by atoms with Crippen molar-refractivity contribution in [2.75, 3.05) is 7.05 Å². The van der Waals surface area contributed by atoms with Crippen molar-refractivity contribution in [3.8, 4) is 0 Å². The molecule has 2 N–H and O–H groups in total. The molecule has 84 valence electrons. The summed E-state index contributed by atoms with van der Waals surface area (Å²) in [7, 11) is 1.92. The maximum atomic E-state index is 4.18. The van der Waals surface area contributed by atoms with E-state index >= 15 is 0 Å². The summed E-state index contributed by atoms with van der Waals surface area (Å²) in [5, 5.41) is 9.99. The van der Waals surface area contributed by atoms with Crippen LogP contribution in [0.2, 0.25) is 0 Å². The number of H-pyrrole nitrogens is 1. The van der Waals surface area contributed by atoms with Gasteiger partial charge in [-0.1, -0.05) is 31.2 Å². The van der Waals surface area contributed by atoms with E-state index in [9.17, 15) is 0 Å². The fraction of sp³-hybridized carbons (Fsp3) is 0.333. The molecule has 1 unspecified atom stereocenters. The SMILES string of the molecule is CCc1ccc(C(NC)c2ncn[nH]2)cc1. The lowest BCUT2D eigenvalue weighted by atomic mass is 10.0. The molecule has 0 aliphatic carbocycles. The lowest BCUT2D eigenvalue weighted by molar-refractivity contribution is 0.649. The normalized spacial score (nSPS) is 12.6. The number of nitrogens with one attached hydrogen (secondary N) is 2. The molecule has 4 nitrogen and oxygen atoms in total. The van der Waals surface area contributed by atoms with Crippen molar-refractivity contribution in [2.45, 2.75) is 19.4 Å². The van der Waals surface area contributed by atoms with Gasteiger partial charge in [0.25, 0.3) is 0 Å². The topological polar surface area (TPSA) is 53.6 Å². The average Bonchev–Trinajstić information content (AvgIpc) is 2.85. The van der Waals surface area contributed by atoms with Crippen LogP contribution in [-0.4, -0.2) is 22.2 Å². The number of aromatic nitrogens is 3. The zero-order chi connectivity index (χ0) is 11.4. The number of aromatic amines is 1. The Morgan fingerprint density at radius 3 is 2.56 bits per heavy atom. The van der Waals surface area contributed by atoms with Crippen LogP contribution in [0.4, 0.5) is 0 Å². The van der Waals surface area contributed by atoms with E-state index < -0.39 is 0 Å². The predicted octanol–water partition coefficient (Wildman–Crippen LogP) is 1.68. The van der Waals surface area contributed by atoms with Gasteiger partial charge in [0.2, 0.25) is 0 Å². The lowest BCUT2D eigenvalue weighted by Crippen LogP contribution is -2.19. The molecule has 4 heteroatoms. The maximum absolute atomic E-state index is 4.18. The first kappa shape index (κ1) is 10.8. The van der Waals surface area contributed by atoms with E-state index in [1.807, 2.05) is 7.05 Å². The van der Waals surface area contributed by atoms with Gasteiger partial charge in [0.1, 0.15) is 12.2 Å². The van der Waals surface area contributed by atoms with Gasteiger partial charge in [-0.3, -0.25) is 5.10 Å². The molecule has 0 spiro atoms. The highest BCUT2D eigenvalue weighted by molar-refractivity contribution is 5.28. The fourth-order valence-electron chi connectivity index (χ4n) is 1.76. The van der Waals surface area contributed by atoms with Crippen molar-refractivity contribution >= 4 is 0 Å². The maximum Gasteiger partial charge on any atom is 0.145 e. The third-order valence-corrected chi connectivity index (χ3v) is 2.72. The predicted molar refractivity (Wildman–Crippen MR) is 63.1 cm³/mol. The summed E-state index contributed by atoms with van der Waals surface area (Å²) in [5.74, 6) is 0.840. The van der Waals surface area contributed by atoms with Crippen LogP contribution < -0.4 is 5.32 Å². The van der Waals surface area contributed by atoms with Crippen LogP contribution >= 0.6 is 0 Å². The molecule has 1 aromatic carbocycles.